The Hall–Kier alpha value is -2.21. The molecule has 1 aromatic carbocycles. The van der Waals surface area contributed by atoms with E-state index in [4.69, 9.17) is 31.2 Å². The maximum absolute atomic E-state index is 12.3. The van der Waals surface area contributed by atoms with Crippen molar-refractivity contribution in [3.05, 3.63) is 32.1 Å². The molecule has 148 valence electrons. The van der Waals surface area contributed by atoms with Crippen molar-refractivity contribution < 1.29 is 18.7 Å². The fraction of sp³-hybridized carbons (Fsp3) is 0.500. The van der Waals surface area contributed by atoms with Crippen LogP contribution in [0, 0.1) is 6.92 Å². The summed E-state index contributed by atoms with van der Waals surface area (Å²) < 4.78 is 16.1. The van der Waals surface area contributed by atoms with Gasteiger partial charge in [0.25, 0.3) is 0 Å². The normalized spacial score (nSPS) is 11.0. The molecule has 0 fully saturated rings. The van der Waals surface area contributed by atoms with Crippen LogP contribution in [-0.2, 0) is 22.4 Å². The zero-order chi connectivity index (χ0) is 20.1. The monoisotopic (exact) mass is 395 g/mol. The van der Waals surface area contributed by atoms with Gasteiger partial charge in [-0.05, 0) is 37.3 Å². The van der Waals surface area contributed by atoms with Gasteiger partial charge >= 0.3 is 11.6 Å². The van der Waals surface area contributed by atoms with Crippen LogP contribution in [0.5, 0.6) is 5.75 Å². The first-order chi connectivity index (χ1) is 12.9. The van der Waals surface area contributed by atoms with Crippen LogP contribution in [-0.4, -0.2) is 19.2 Å². The molecule has 1 heterocycles. The number of hydrogen-bond donors (Lipinski definition) is 1. The van der Waals surface area contributed by atoms with Gasteiger partial charge in [-0.25, -0.2) is 9.59 Å². The van der Waals surface area contributed by atoms with Crippen molar-refractivity contribution in [2.24, 2.45) is 0 Å². The number of carbonyl (C=O) groups excluding carboxylic acids is 1. The topological polar surface area (TPSA) is 91.8 Å². The number of nitrogen functional groups attached to an aromatic ring is 1. The molecule has 0 aliphatic rings. The molecule has 1 aromatic heterocycles. The van der Waals surface area contributed by atoms with Crippen LogP contribution < -0.4 is 16.1 Å². The van der Waals surface area contributed by atoms with E-state index in [1.807, 2.05) is 27.7 Å². The number of ether oxygens (including phenoxy) is 2. The molecule has 2 aromatic rings. The van der Waals surface area contributed by atoms with E-state index in [2.05, 4.69) is 0 Å². The number of unbranched alkanes of at least 4 members (excludes halogenated alkanes) is 1. The number of anilines is 1. The molecule has 0 aliphatic carbocycles. The van der Waals surface area contributed by atoms with Crippen LogP contribution in [0.4, 0.5) is 5.69 Å². The minimum Gasteiger partial charge on any atom is -0.478 e. The maximum atomic E-state index is 12.3. The molecule has 0 unspecified atom stereocenters. The number of aryl methyl sites for hydroxylation is 2. The van der Waals surface area contributed by atoms with Crippen molar-refractivity contribution in [2.75, 3.05) is 18.9 Å². The molecule has 7 heteroatoms. The highest BCUT2D eigenvalue weighted by molar-refractivity contribution is 6.37. The van der Waals surface area contributed by atoms with Crippen molar-refractivity contribution >= 4 is 34.2 Å². The lowest BCUT2D eigenvalue weighted by molar-refractivity contribution is -0.146. The van der Waals surface area contributed by atoms with Crippen molar-refractivity contribution in [2.45, 2.75) is 53.4 Å². The lowest BCUT2D eigenvalue weighted by atomic mass is 9.96. The van der Waals surface area contributed by atoms with E-state index in [1.165, 1.54) is 0 Å². The summed E-state index contributed by atoms with van der Waals surface area (Å²) in [5.41, 5.74) is 8.61. The second kappa shape index (κ2) is 9.13. The fourth-order valence-corrected chi connectivity index (χ4v) is 3.40. The average Bonchev–Trinajstić information content (AvgIpc) is 2.63. The van der Waals surface area contributed by atoms with Gasteiger partial charge in [0.15, 0.2) is 17.9 Å². The van der Waals surface area contributed by atoms with Crippen LogP contribution in [0.2, 0.25) is 5.02 Å². The molecule has 0 bridgehead atoms. The molecular weight excluding hydrogens is 370 g/mol. The van der Waals surface area contributed by atoms with Gasteiger partial charge < -0.3 is 19.6 Å². The fourth-order valence-electron chi connectivity index (χ4n) is 3.11. The molecule has 2 N–H and O–H groups in total. The molecule has 0 saturated heterocycles. The molecule has 0 amide bonds. The van der Waals surface area contributed by atoms with Crippen LogP contribution in [0.15, 0.2) is 9.21 Å². The summed E-state index contributed by atoms with van der Waals surface area (Å²) in [6.45, 7) is 7.72. The summed E-state index contributed by atoms with van der Waals surface area (Å²) in [6.07, 6.45) is 2.85. The van der Waals surface area contributed by atoms with Crippen molar-refractivity contribution in [1.82, 2.24) is 0 Å². The smallest absolute Gasteiger partial charge is 0.344 e. The molecule has 0 saturated carbocycles. The standard InChI is InChI=1S/C20H26ClNO5/c1-5-8-9-25-14(23)10-26-19-16(21)18-15(13(7-3)17(19)22)11(4)12(6-2)20(24)27-18/h5-10,22H2,1-4H3. The third kappa shape index (κ3) is 4.21. The average molecular weight is 396 g/mol. The second-order valence-electron chi connectivity index (χ2n) is 6.30. The predicted octanol–water partition coefficient (Wildman–Crippen LogP) is 4.18. The number of carbonyl (C=O) groups is 1. The van der Waals surface area contributed by atoms with Gasteiger partial charge in [-0.1, -0.05) is 38.8 Å². The third-order valence-electron chi connectivity index (χ3n) is 4.57. The summed E-state index contributed by atoms with van der Waals surface area (Å²) in [6, 6.07) is 0. The summed E-state index contributed by atoms with van der Waals surface area (Å²) >= 11 is 6.44. The number of halogens is 1. The number of benzene rings is 1. The molecule has 0 spiro atoms. The van der Waals surface area contributed by atoms with Crippen LogP contribution in [0.3, 0.4) is 0 Å². The number of rotatable bonds is 8. The number of esters is 1. The van der Waals surface area contributed by atoms with Gasteiger partial charge in [0.2, 0.25) is 0 Å². The Morgan fingerprint density at radius 1 is 1.19 bits per heavy atom. The minimum atomic E-state index is -0.504. The quantitative estimate of drug-likeness (QED) is 0.312. The molecule has 0 aliphatic heterocycles. The van der Waals surface area contributed by atoms with Crippen LogP contribution >= 0.6 is 11.6 Å². The Morgan fingerprint density at radius 3 is 2.44 bits per heavy atom. The lowest BCUT2D eigenvalue weighted by Gasteiger charge is -2.18. The highest BCUT2D eigenvalue weighted by Gasteiger charge is 2.23. The number of fused-ring (bicyclic) bond motifs is 1. The van der Waals surface area contributed by atoms with E-state index in [0.29, 0.717) is 30.7 Å². The molecule has 0 radical (unpaired) electrons. The largest absolute Gasteiger partial charge is 0.478 e. The highest BCUT2D eigenvalue weighted by Crippen LogP contribution is 2.43. The van der Waals surface area contributed by atoms with E-state index in [-0.39, 0.29) is 23.0 Å². The molecular formula is C20H26ClNO5. The van der Waals surface area contributed by atoms with Gasteiger partial charge in [-0.2, -0.15) is 0 Å². The lowest BCUT2D eigenvalue weighted by Crippen LogP contribution is -2.17. The second-order valence-corrected chi connectivity index (χ2v) is 6.68. The van der Waals surface area contributed by atoms with Gasteiger partial charge in [-0.3, -0.25) is 0 Å². The molecule has 2 rings (SSSR count). The Labute approximate surface area is 163 Å². The van der Waals surface area contributed by atoms with E-state index in [9.17, 15) is 9.59 Å². The van der Waals surface area contributed by atoms with Crippen molar-refractivity contribution in [3.63, 3.8) is 0 Å². The first kappa shape index (κ1) is 21.1. The maximum Gasteiger partial charge on any atom is 0.344 e. The van der Waals surface area contributed by atoms with Gasteiger partial charge in [0.05, 0.1) is 12.3 Å². The summed E-state index contributed by atoms with van der Waals surface area (Å²) in [5.74, 6) is -0.365. The third-order valence-corrected chi connectivity index (χ3v) is 4.91. The Balaban J connectivity index is 2.50. The van der Waals surface area contributed by atoms with E-state index >= 15 is 0 Å². The van der Waals surface area contributed by atoms with Crippen LogP contribution in [0.25, 0.3) is 11.0 Å². The van der Waals surface area contributed by atoms with E-state index < -0.39 is 11.6 Å². The van der Waals surface area contributed by atoms with Gasteiger partial charge in [0.1, 0.15) is 5.02 Å². The van der Waals surface area contributed by atoms with E-state index in [1.54, 1.807) is 0 Å². The number of nitrogens with two attached hydrogens (primary N) is 1. The first-order valence-corrected chi connectivity index (χ1v) is 9.59. The Kier molecular flexibility index (Phi) is 7.13. The molecule has 0 atom stereocenters. The van der Waals surface area contributed by atoms with E-state index in [0.717, 1.165) is 29.4 Å². The summed E-state index contributed by atoms with van der Waals surface area (Å²) in [5, 5.41) is 0.818. The highest BCUT2D eigenvalue weighted by atomic mass is 35.5. The first-order valence-electron chi connectivity index (χ1n) is 9.21. The summed E-state index contributed by atoms with van der Waals surface area (Å²) in [4.78, 5) is 24.1. The number of hydrogen-bond acceptors (Lipinski definition) is 6. The SMILES string of the molecule is CCCCOC(=O)COc1c(N)c(CC)c2c(C)c(CC)c(=O)oc2c1Cl. The molecule has 6 nitrogen and oxygen atoms in total. The zero-order valence-electron chi connectivity index (χ0n) is 16.2. The predicted molar refractivity (Wildman–Crippen MR) is 107 cm³/mol. The zero-order valence-corrected chi connectivity index (χ0v) is 17.0. The summed E-state index contributed by atoms with van der Waals surface area (Å²) in [7, 11) is 0. The Bertz CT molecular complexity index is 904. The van der Waals surface area contributed by atoms with Crippen molar-refractivity contribution in [1.29, 1.82) is 0 Å². The molecule has 27 heavy (non-hydrogen) atoms. The Morgan fingerprint density at radius 2 is 1.85 bits per heavy atom. The van der Waals surface area contributed by atoms with Gasteiger partial charge in [0, 0.05) is 10.9 Å². The van der Waals surface area contributed by atoms with Crippen molar-refractivity contribution in [3.8, 4) is 5.75 Å². The van der Waals surface area contributed by atoms with Gasteiger partial charge in [-0.15, -0.1) is 0 Å². The van der Waals surface area contributed by atoms with Crippen LogP contribution in [0.1, 0.15) is 50.3 Å². The minimum absolute atomic E-state index is 0.0870.